The first kappa shape index (κ1) is 13.6. The number of methoxy groups -OCH3 is 1. The lowest BCUT2D eigenvalue weighted by atomic mass is 10.2. The fraction of sp³-hybridized carbons (Fsp3) is 0.167. The van der Waals surface area contributed by atoms with Gasteiger partial charge >= 0.3 is 12.1 Å². The zero-order chi connectivity index (χ0) is 13.5. The van der Waals surface area contributed by atoms with E-state index in [0.29, 0.717) is 5.69 Å². The molecular weight excluding hydrogens is 238 g/mol. The van der Waals surface area contributed by atoms with Crippen LogP contribution in [0.15, 0.2) is 30.9 Å². The normalized spacial score (nSPS) is 9.39. The molecule has 2 N–H and O–H groups in total. The Morgan fingerprint density at radius 1 is 1.44 bits per heavy atom. The molecule has 0 aromatic heterocycles. The Labute approximate surface area is 104 Å². The number of benzene rings is 1. The number of rotatable bonds is 4. The second-order valence-electron chi connectivity index (χ2n) is 3.20. The summed E-state index contributed by atoms with van der Waals surface area (Å²) in [6.45, 7) is 3.40. The summed E-state index contributed by atoms with van der Waals surface area (Å²) in [7, 11) is 1.21. The fourth-order valence-corrected chi connectivity index (χ4v) is 1.15. The molecule has 0 aliphatic heterocycles. The predicted molar refractivity (Wildman–Crippen MR) is 64.4 cm³/mol. The number of esters is 1. The molecular formula is C12H13NO5. The molecule has 96 valence electrons. The van der Waals surface area contributed by atoms with Gasteiger partial charge in [0.2, 0.25) is 0 Å². The second kappa shape index (κ2) is 6.29. The van der Waals surface area contributed by atoms with Gasteiger partial charge in [-0.25, -0.2) is 9.59 Å². The molecule has 0 amide bonds. The maximum Gasteiger partial charge on any atom is 0.514 e. The first-order valence-corrected chi connectivity index (χ1v) is 5.01. The summed E-state index contributed by atoms with van der Waals surface area (Å²) >= 11 is 0. The van der Waals surface area contributed by atoms with Gasteiger partial charge in [-0.3, -0.25) is 0 Å². The van der Waals surface area contributed by atoms with Crippen LogP contribution in [-0.4, -0.2) is 25.8 Å². The molecule has 0 bridgehead atoms. The van der Waals surface area contributed by atoms with Gasteiger partial charge in [0.15, 0.2) is 0 Å². The van der Waals surface area contributed by atoms with E-state index < -0.39 is 12.1 Å². The highest BCUT2D eigenvalue weighted by atomic mass is 16.7. The molecule has 0 saturated carbocycles. The molecule has 18 heavy (non-hydrogen) atoms. The van der Waals surface area contributed by atoms with Crippen LogP contribution in [0, 0.1) is 0 Å². The molecule has 1 aromatic rings. The van der Waals surface area contributed by atoms with Crippen molar-refractivity contribution in [2.45, 2.75) is 0 Å². The van der Waals surface area contributed by atoms with Crippen molar-refractivity contribution in [3.63, 3.8) is 0 Å². The molecule has 0 spiro atoms. The van der Waals surface area contributed by atoms with E-state index in [1.165, 1.54) is 31.4 Å². The molecule has 0 saturated heterocycles. The van der Waals surface area contributed by atoms with Gasteiger partial charge in [-0.05, 0) is 18.2 Å². The molecule has 0 aliphatic carbocycles. The second-order valence-corrected chi connectivity index (χ2v) is 3.20. The number of anilines is 1. The van der Waals surface area contributed by atoms with Crippen molar-refractivity contribution in [1.82, 2.24) is 0 Å². The number of nitrogens with two attached hydrogens (primary N) is 1. The standard InChI is InChI=1S/C12H13NO5/c1-3-6-17-12(15)18-10-5-4-8(13)7-9(10)11(14)16-2/h3-5,7H,1,6,13H2,2H3. The van der Waals surface area contributed by atoms with Crippen LogP contribution in [0.3, 0.4) is 0 Å². The van der Waals surface area contributed by atoms with Crippen molar-refractivity contribution >= 4 is 17.8 Å². The average Bonchev–Trinajstić information content (AvgIpc) is 2.37. The smallest absolute Gasteiger partial charge is 0.465 e. The number of hydrogen-bond acceptors (Lipinski definition) is 6. The number of carbonyl (C=O) groups excluding carboxylic acids is 2. The number of carbonyl (C=O) groups is 2. The Kier molecular flexibility index (Phi) is 4.74. The van der Waals surface area contributed by atoms with Gasteiger partial charge in [-0.15, -0.1) is 0 Å². The van der Waals surface area contributed by atoms with Crippen LogP contribution in [0.1, 0.15) is 10.4 Å². The minimum atomic E-state index is -0.940. The van der Waals surface area contributed by atoms with Crippen molar-refractivity contribution in [3.05, 3.63) is 36.4 Å². The van der Waals surface area contributed by atoms with Crippen molar-refractivity contribution in [1.29, 1.82) is 0 Å². The van der Waals surface area contributed by atoms with Gasteiger partial charge in [0, 0.05) is 5.69 Å². The van der Waals surface area contributed by atoms with Gasteiger partial charge < -0.3 is 19.9 Å². The SMILES string of the molecule is C=CCOC(=O)Oc1ccc(N)cc1C(=O)OC. The van der Waals surface area contributed by atoms with Crippen molar-refractivity contribution in [2.24, 2.45) is 0 Å². The fourth-order valence-electron chi connectivity index (χ4n) is 1.15. The highest BCUT2D eigenvalue weighted by molar-refractivity contribution is 5.94. The van der Waals surface area contributed by atoms with Crippen LogP contribution in [0.2, 0.25) is 0 Å². The quantitative estimate of drug-likeness (QED) is 0.379. The van der Waals surface area contributed by atoms with Crippen LogP contribution in [0.25, 0.3) is 0 Å². The summed E-state index contributed by atoms with van der Waals surface area (Å²) in [4.78, 5) is 22.7. The van der Waals surface area contributed by atoms with E-state index in [4.69, 9.17) is 10.5 Å². The molecule has 1 rings (SSSR count). The van der Waals surface area contributed by atoms with E-state index >= 15 is 0 Å². The molecule has 0 radical (unpaired) electrons. The first-order chi connectivity index (χ1) is 8.58. The third-order valence-corrected chi connectivity index (χ3v) is 1.92. The lowest BCUT2D eigenvalue weighted by molar-refractivity contribution is 0.0595. The van der Waals surface area contributed by atoms with Crippen LogP contribution in [0.4, 0.5) is 10.5 Å². The Balaban J connectivity index is 2.90. The average molecular weight is 251 g/mol. The predicted octanol–water partition coefficient (Wildman–Crippen LogP) is 1.76. The number of hydrogen-bond donors (Lipinski definition) is 1. The molecule has 0 unspecified atom stereocenters. The van der Waals surface area contributed by atoms with Gasteiger partial charge in [0.1, 0.15) is 17.9 Å². The van der Waals surface area contributed by atoms with Gasteiger partial charge in [0.05, 0.1) is 7.11 Å². The number of ether oxygens (including phenoxy) is 3. The van der Waals surface area contributed by atoms with Crippen LogP contribution >= 0.6 is 0 Å². The van der Waals surface area contributed by atoms with Crippen LogP contribution in [-0.2, 0) is 9.47 Å². The molecule has 0 heterocycles. The Bertz CT molecular complexity index is 470. The van der Waals surface area contributed by atoms with Crippen molar-refractivity contribution in [3.8, 4) is 5.75 Å². The molecule has 0 atom stereocenters. The molecule has 1 aromatic carbocycles. The van der Waals surface area contributed by atoms with Crippen molar-refractivity contribution < 1.29 is 23.8 Å². The molecule has 6 heteroatoms. The summed E-state index contributed by atoms with van der Waals surface area (Å²) in [5, 5.41) is 0. The topological polar surface area (TPSA) is 87.9 Å². The summed E-state index contributed by atoms with van der Waals surface area (Å²) in [5.74, 6) is -0.640. The van der Waals surface area contributed by atoms with E-state index in [1.807, 2.05) is 0 Å². The van der Waals surface area contributed by atoms with Gasteiger partial charge in [-0.2, -0.15) is 0 Å². The zero-order valence-corrected chi connectivity index (χ0v) is 9.84. The maximum atomic E-state index is 11.5. The maximum absolute atomic E-state index is 11.5. The lowest BCUT2D eigenvalue weighted by Crippen LogP contribution is -2.14. The minimum absolute atomic E-state index is 0.0152. The Morgan fingerprint density at radius 2 is 2.17 bits per heavy atom. The summed E-state index contributed by atoms with van der Waals surface area (Å²) in [5.41, 5.74) is 5.94. The molecule has 6 nitrogen and oxygen atoms in total. The number of nitrogen functional groups attached to an aromatic ring is 1. The highest BCUT2D eigenvalue weighted by Crippen LogP contribution is 2.22. The van der Waals surface area contributed by atoms with E-state index in [0.717, 1.165) is 0 Å². The Hall–Kier alpha value is -2.50. The largest absolute Gasteiger partial charge is 0.514 e. The van der Waals surface area contributed by atoms with Crippen LogP contribution in [0.5, 0.6) is 5.75 Å². The zero-order valence-electron chi connectivity index (χ0n) is 9.84. The summed E-state index contributed by atoms with van der Waals surface area (Å²) < 4.78 is 14.0. The van der Waals surface area contributed by atoms with Crippen molar-refractivity contribution in [2.75, 3.05) is 19.5 Å². The van der Waals surface area contributed by atoms with Gasteiger partial charge in [-0.1, -0.05) is 12.7 Å². The lowest BCUT2D eigenvalue weighted by Gasteiger charge is -2.09. The Morgan fingerprint density at radius 3 is 2.78 bits per heavy atom. The van der Waals surface area contributed by atoms with E-state index in [2.05, 4.69) is 16.1 Å². The van der Waals surface area contributed by atoms with E-state index in [9.17, 15) is 9.59 Å². The van der Waals surface area contributed by atoms with E-state index in [1.54, 1.807) is 0 Å². The first-order valence-electron chi connectivity index (χ1n) is 5.01. The molecule has 0 fully saturated rings. The van der Waals surface area contributed by atoms with Gasteiger partial charge in [0.25, 0.3) is 0 Å². The summed E-state index contributed by atoms with van der Waals surface area (Å²) in [6, 6.07) is 4.22. The third kappa shape index (κ3) is 3.51. The molecule has 0 aliphatic rings. The van der Waals surface area contributed by atoms with Crippen LogP contribution < -0.4 is 10.5 Å². The third-order valence-electron chi connectivity index (χ3n) is 1.92. The summed E-state index contributed by atoms with van der Waals surface area (Å²) in [6.07, 6.45) is 0.454. The van der Waals surface area contributed by atoms with E-state index in [-0.39, 0.29) is 17.9 Å². The monoisotopic (exact) mass is 251 g/mol. The minimum Gasteiger partial charge on any atom is -0.465 e. The highest BCUT2D eigenvalue weighted by Gasteiger charge is 2.16.